The maximum absolute atomic E-state index is 12.1. The van der Waals surface area contributed by atoms with Crippen molar-refractivity contribution < 1.29 is 4.79 Å². The van der Waals surface area contributed by atoms with Gasteiger partial charge in [0, 0.05) is 17.4 Å². The van der Waals surface area contributed by atoms with Crippen molar-refractivity contribution in [3.63, 3.8) is 0 Å². The molecule has 1 aromatic carbocycles. The number of rotatable bonds is 4. The molecule has 1 N–H and O–H groups in total. The van der Waals surface area contributed by atoms with Crippen LogP contribution in [0.5, 0.6) is 0 Å². The summed E-state index contributed by atoms with van der Waals surface area (Å²) in [4.78, 5) is 12.1. The lowest BCUT2D eigenvalue weighted by molar-refractivity contribution is 0.0945. The van der Waals surface area contributed by atoms with E-state index in [-0.39, 0.29) is 5.91 Å². The summed E-state index contributed by atoms with van der Waals surface area (Å²) in [6, 6.07) is 4.89. The predicted octanol–water partition coefficient (Wildman–Crippen LogP) is 4.38. The molecule has 19 heavy (non-hydrogen) atoms. The minimum atomic E-state index is -0.151. The Morgan fingerprint density at radius 3 is 2.68 bits per heavy atom. The van der Waals surface area contributed by atoms with Gasteiger partial charge in [-0.15, -0.1) is 11.6 Å². The number of alkyl halides is 1. The van der Waals surface area contributed by atoms with Gasteiger partial charge in [-0.2, -0.15) is 0 Å². The number of carbonyl (C=O) groups excluding carboxylic acids is 1. The van der Waals surface area contributed by atoms with Crippen molar-refractivity contribution in [2.24, 2.45) is 11.8 Å². The first-order valence-corrected chi connectivity index (χ1v) is 7.70. The van der Waals surface area contributed by atoms with Gasteiger partial charge in [0.2, 0.25) is 0 Å². The van der Waals surface area contributed by atoms with Crippen LogP contribution in [0.25, 0.3) is 0 Å². The minimum Gasteiger partial charge on any atom is -0.352 e. The maximum atomic E-state index is 12.1. The van der Waals surface area contributed by atoms with Crippen LogP contribution < -0.4 is 5.32 Å². The summed E-state index contributed by atoms with van der Waals surface area (Å²) < 4.78 is 0. The van der Waals surface area contributed by atoms with Crippen LogP contribution in [-0.4, -0.2) is 18.3 Å². The Kier molecular flexibility index (Phi) is 5.37. The topological polar surface area (TPSA) is 29.1 Å². The number of hydrogen-bond acceptors (Lipinski definition) is 1. The molecule has 1 aromatic rings. The standard InChI is InChI=1S/C14H16Cl3NO/c15-7-9-2-1-3-10(9)8-18-14(19)12-5-4-11(16)6-13(12)17/h4-6,9-10H,1-3,7-8H2,(H,18,19). The van der Waals surface area contributed by atoms with E-state index in [0.29, 0.717) is 39.9 Å². The molecule has 0 bridgehead atoms. The van der Waals surface area contributed by atoms with Gasteiger partial charge in [0.1, 0.15) is 0 Å². The smallest absolute Gasteiger partial charge is 0.252 e. The first kappa shape index (κ1) is 15.0. The van der Waals surface area contributed by atoms with Gasteiger partial charge >= 0.3 is 0 Å². The second-order valence-corrected chi connectivity index (χ2v) is 6.09. The summed E-state index contributed by atoms with van der Waals surface area (Å²) in [6.07, 6.45) is 3.48. The zero-order valence-corrected chi connectivity index (χ0v) is 12.7. The molecule has 0 aromatic heterocycles. The molecule has 1 aliphatic carbocycles. The third-order valence-corrected chi connectivity index (χ3v) is 4.66. The van der Waals surface area contributed by atoms with E-state index >= 15 is 0 Å². The molecule has 0 saturated heterocycles. The van der Waals surface area contributed by atoms with Crippen LogP contribution in [0.1, 0.15) is 29.6 Å². The fourth-order valence-electron chi connectivity index (χ4n) is 2.58. The molecule has 1 saturated carbocycles. The van der Waals surface area contributed by atoms with E-state index in [0.717, 1.165) is 12.8 Å². The molecule has 0 aliphatic heterocycles. The van der Waals surface area contributed by atoms with E-state index < -0.39 is 0 Å². The average Bonchev–Trinajstić information content (AvgIpc) is 2.83. The largest absolute Gasteiger partial charge is 0.352 e. The number of halogens is 3. The summed E-state index contributed by atoms with van der Waals surface area (Å²) in [5.41, 5.74) is 0.464. The number of nitrogens with one attached hydrogen (secondary N) is 1. The van der Waals surface area contributed by atoms with Gasteiger partial charge in [-0.3, -0.25) is 4.79 Å². The fraction of sp³-hybridized carbons (Fsp3) is 0.500. The molecule has 2 atom stereocenters. The van der Waals surface area contributed by atoms with Crippen molar-refractivity contribution >= 4 is 40.7 Å². The van der Waals surface area contributed by atoms with Crippen LogP contribution in [0.4, 0.5) is 0 Å². The molecule has 2 rings (SSSR count). The lowest BCUT2D eigenvalue weighted by Crippen LogP contribution is -2.31. The minimum absolute atomic E-state index is 0.151. The molecular formula is C14H16Cl3NO. The highest BCUT2D eigenvalue weighted by molar-refractivity contribution is 6.36. The Hall–Kier alpha value is -0.440. The number of carbonyl (C=O) groups is 1. The number of hydrogen-bond donors (Lipinski definition) is 1. The molecule has 1 amide bonds. The van der Waals surface area contributed by atoms with Gasteiger partial charge in [-0.05, 0) is 42.9 Å². The predicted molar refractivity (Wildman–Crippen MR) is 80.3 cm³/mol. The second kappa shape index (κ2) is 6.83. The lowest BCUT2D eigenvalue weighted by atomic mass is 9.98. The van der Waals surface area contributed by atoms with Crippen molar-refractivity contribution in [1.82, 2.24) is 5.32 Å². The Balaban J connectivity index is 1.94. The molecule has 2 nitrogen and oxygen atoms in total. The summed E-state index contributed by atoms with van der Waals surface area (Å²) in [5, 5.41) is 3.85. The summed E-state index contributed by atoms with van der Waals surface area (Å²) in [6.45, 7) is 0.662. The molecule has 2 unspecified atom stereocenters. The summed E-state index contributed by atoms with van der Waals surface area (Å²) in [5.74, 6) is 1.51. The van der Waals surface area contributed by atoms with Crippen molar-refractivity contribution in [1.29, 1.82) is 0 Å². The van der Waals surface area contributed by atoms with Crippen molar-refractivity contribution in [2.45, 2.75) is 19.3 Å². The van der Waals surface area contributed by atoms with E-state index in [1.54, 1.807) is 18.2 Å². The number of benzene rings is 1. The zero-order valence-electron chi connectivity index (χ0n) is 10.5. The Bertz CT molecular complexity index is 464. The van der Waals surface area contributed by atoms with E-state index in [4.69, 9.17) is 34.8 Å². The molecular weight excluding hydrogens is 305 g/mol. The quantitative estimate of drug-likeness (QED) is 0.820. The van der Waals surface area contributed by atoms with E-state index in [2.05, 4.69) is 5.32 Å². The fourth-order valence-corrected chi connectivity index (χ4v) is 3.48. The van der Waals surface area contributed by atoms with Crippen molar-refractivity contribution in [3.05, 3.63) is 33.8 Å². The highest BCUT2D eigenvalue weighted by atomic mass is 35.5. The monoisotopic (exact) mass is 319 g/mol. The Morgan fingerprint density at radius 2 is 2.00 bits per heavy atom. The first-order chi connectivity index (χ1) is 9.11. The molecule has 104 valence electrons. The third-order valence-electron chi connectivity index (χ3n) is 3.72. The van der Waals surface area contributed by atoms with Crippen LogP contribution in [0.2, 0.25) is 10.0 Å². The Labute approximate surface area is 128 Å². The van der Waals surface area contributed by atoms with E-state index in [1.165, 1.54) is 6.42 Å². The van der Waals surface area contributed by atoms with Gasteiger partial charge in [0.05, 0.1) is 10.6 Å². The normalized spacial score (nSPS) is 22.5. The molecule has 0 radical (unpaired) electrons. The SMILES string of the molecule is O=C(NCC1CCCC1CCl)c1ccc(Cl)cc1Cl. The van der Waals surface area contributed by atoms with Gasteiger partial charge in [0.15, 0.2) is 0 Å². The lowest BCUT2D eigenvalue weighted by Gasteiger charge is -2.17. The molecule has 0 heterocycles. The van der Waals surface area contributed by atoms with Gasteiger partial charge in [-0.1, -0.05) is 29.6 Å². The highest BCUT2D eigenvalue weighted by Crippen LogP contribution is 2.32. The second-order valence-electron chi connectivity index (χ2n) is 4.94. The van der Waals surface area contributed by atoms with Crippen LogP contribution in [0.3, 0.4) is 0 Å². The van der Waals surface area contributed by atoms with Gasteiger partial charge < -0.3 is 5.32 Å². The van der Waals surface area contributed by atoms with Gasteiger partial charge in [-0.25, -0.2) is 0 Å². The molecule has 5 heteroatoms. The summed E-state index contributed by atoms with van der Waals surface area (Å²) in [7, 11) is 0. The van der Waals surface area contributed by atoms with Gasteiger partial charge in [0.25, 0.3) is 5.91 Å². The summed E-state index contributed by atoms with van der Waals surface area (Å²) >= 11 is 17.7. The molecule has 0 spiro atoms. The van der Waals surface area contributed by atoms with Crippen molar-refractivity contribution in [2.75, 3.05) is 12.4 Å². The van der Waals surface area contributed by atoms with Crippen LogP contribution >= 0.6 is 34.8 Å². The van der Waals surface area contributed by atoms with Crippen LogP contribution in [-0.2, 0) is 0 Å². The Morgan fingerprint density at radius 1 is 1.26 bits per heavy atom. The zero-order chi connectivity index (χ0) is 13.8. The first-order valence-electron chi connectivity index (χ1n) is 6.41. The number of amides is 1. The molecule has 1 fully saturated rings. The molecule has 1 aliphatic rings. The third kappa shape index (κ3) is 3.77. The average molecular weight is 321 g/mol. The highest BCUT2D eigenvalue weighted by Gasteiger charge is 2.26. The van der Waals surface area contributed by atoms with E-state index in [1.807, 2.05) is 0 Å². The van der Waals surface area contributed by atoms with Crippen molar-refractivity contribution in [3.8, 4) is 0 Å². The van der Waals surface area contributed by atoms with Crippen LogP contribution in [0, 0.1) is 11.8 Å². The maximum Gasteiger partial charge on any atom is 0.252 e. The van der Waals surface area contributed by atoms with E-state index in [9.17, 15) is 4.79 Å². The van der Waals surface area contributed by atoms with Crippen LogP contribution in [0.15, 0.2) is 18.2 Å².